The number of aliphatic imine (C=N–C) groups is 1. The zero-order chi connectivity index (χ0) is 19.9. The minimum Gasteiger partial charge on any atom is -0.357 e. The van der Waals surface area contributed by atoms with Crippen molar-refractivity contribution in [2.75, 3.05) is 38.5 Å². The molecule has 1 aliphatic heterocycles. The van der Waals surface area contributed by atoms with Gasteiger partial charge < -0.3 is 10.6 Å². The van der Waals surface area contributed by atoms with Gasteiger partial charge >= 0.3 is 0 Å². The van der Waals surface area contributed by atoms with Gasteiger partial charge in [-0.15, -0.1) is 11.3 Å². The summed E-state index contributed by atoms with van der Waals surface area (Å²) in [4.78, 5) is 8.60. The standard InChI is InChI=1S/C19H34N4O2S2/c1-5-20-18(21-10-14-27(24,25)19(2,3)4)22-15-16(17-9-8-13-26-17)23-11-6-7-12-23/h8-9,13,16H,5-7,10-12,14-15H2,1-4H3,(H2,20,21,22). The predicted octanol–water partition coefficient (Wildman–Crippen LogP) is 2.65. The number of nitrogens with one attached hydrogen (secondary N) is 2. The number of rotatable bonds is 8. The normalized spacial score (nSPS) is 17.9. The number of sulfone groups is 1. The summed E-state index contributed by atoms with van der Waals surface area (Å²) in [6.07, 6.45) is 2.49. The number of guanidine groups is 1. The average Bonchev–Trinajstić information content (AvgIpc) is 3.28. The van der Waals surface area contributed by atoms with Gasteiger partial charge in [-0.25, -0.2) is 8.42 Å². The molecule has 27 heavy (non-hydrogen) atoms. The molecule has 1 fully saturated rings. The molecule has 0 spiro atoms. The second-order valence-electron chi connectivity index (χ2n) is 7.85. The Morgan fingerprint density at radius 3 is 2.56 bits per heavy atom. The van der Waals surface area contributed by atoms with Crippen molar-refractivity contribution in [3.63, 3.8) is 0 Å². The summed E-state index contributed by atoms with van der Waals surface area (Å²) in [5, 5.41) is 8.53. The van der Waals surface area contributed by atoms with Gasteiger partial charge in [0.1, 0.15) is 0 Å². The van der Waals surface area contributed by atoms with Crippen molar-refractivity contribution in [1.29, 1.82) is 0 Å². The van der Waals surface area contributed by atoms with Crippen LogP contribution >= 0.6 is 11.3 Å². The third-order valence-electron chi connectivity index (χ3n) is 4.82. The van der Waals surface area contributed by atoms with E-state index in [1.165, 1.54) is 17.7 Å². The summed E-state index contributed by atoms with van der Waals surface area (Å²) in [7, 11) is -3.14. The SMILES string of the molecule is CCNC(=NCC(c1cccs1)N1CCCC1)NCCS(=O)(=O)C(C)(C)C. The number of likely N-dealkylation sites (tertiary alicyclic amines) is 1. The molecule has 1 atom stereocenters. The van der Waals surface area contributed by atoms with Crippen molar-refractivity contribution in [3.8, 4) is 0 Å². The molecular formula is C19H34N4O2S2. The summed E-state index contributed by atoms with van der Waals surface area (Å²) in [6, 6.07) is 4.56. The number of hydrogen-bond donors (Lipinski definition) is 2. The van der Waals surface area contributed by atoms with Crippen molar-refractivity contribution < 1.29 is 8.42 Å². The van der Waals surface area contributed by atoms with Gasteiger partial charge in [0.25, 0.3) is 0 Å². The zero-order valence-corrected chi connectivity index (χ0v) is 18.6. The van der Waals surface area contributed by atoms with Crippen LogP contribution in [0.25, 0.3) is 0 Å². The zero-order valence-electron chi connectivity index (χ0n) is 17.0. The fourth-order valence-electron chi connectivity index (χ4n) is 3.05. The summed E-state index contributed by atoms with van der Waals surface area (Å²) >= 11 is 1.78. The maximum atomic E-state index is 12.3. The van der Waals surface area contributed by atoms with Crippen LogP contribution in [-0.4, -0.2) is 62.5 Å². The maximum Gasteiger partial charge on any atom is 0.191 e. The molecule has 0 aliphatic carbocycles. The molecular weight excluding hydrogens is 380 g/mol. The van der Waals surface area contributed by atoms with Crippen molar-refractivity contribution in [2.45, 2.75) is 51.3 Å². The van der Waals surface area contributed by atoms with Crippen LogP contribution in [0.4, 0.5) is 0 Å². The third kappa shape index (κ3) is 6.47. The van der Waals surface area contributed by atoms with E-state index < -0.39 is 14.6 Å². The smallest absolute Gasteiger partial charge is 0.191 e. The number of hydrogen-bond acceptors (Lipinski definition) is 5. The van der Waals surface area contributed by atoms with E-state index in [1.807, 2.05) is 6.92 Å². The highest BCUT2D eigenvalue weighted by molar-refractivity contribution is 7.92. The van der Waals surface area contributed by atoms with Gasteiger partial charge in [0.2, 0.25) is 0 Å². The minimum atomic E-state index is -3.14. The van der Waals surface area contributed by atoms with E-state index in [9.17, 15) is 8.42 Å². The van der Waals surface area contributed by atoms with Gasteiger partial charge in [0, 0.05) is 18.0 Å². The van der Waals surface area contributed by atoms with Gasteiger partial charge in [-0.2, -0.15) is 0 Å². The van der Waals surface area contributed by atoms with Crippen molar-refractivity contribution in [2.24, 2.45) is 4.99 Å². The lowest BCUT2D eigenvalue weighted by molar-refractivity contribution is 0.255. The number of nitrogens with zero attached hydrogens (tertiary/aromatic N) is 2. The summed E-state index contributed by atoms with van der Waals surface area (Å²) < 4.78 is 23.8. The van der Waals surface area contributed by atoms with Crippen molar-refractivity contribution in [1.82, 2.24) is 15.5 Å². The van der Waals surface area contributed by atoms with E-state index >= 15 is 0 Å². The Morgan fingerprint density at radius 1 is 1.30 bits per heavy atom. The molecule has 0 radical (unpaired) electrons. The lowest BCUT2D eigenvalue weighted by atomic mass is 10.2. The van der Waals surface area contributed by atoms with Crippen LogP contribution in [0.3, 0.4) is 0 Å². The highest BCUT2D eigenvalue weighted by Gasteiger charge is 2.28. The topological polar surface area (TPSA) is 73.8 Å². The third-order valence-corrected chi connectivity index (χ3v) is 8.40. The van der Waals surface area contributed by atoms with Gasteiger partial charge in [0.15, 0.2) is 15.8 Å². The van der Waals surface area contributed by atoms with Gasteiger partial charge in [-0.05, 0) is 65.1 Å². The molecule has 0 saturated carbocycles. The molecule has 154 valence electrons. The Labute approximate surface area is 168 Å². The lowest BCUT2D eigenvalue weighted by Crippen LogP contribution is -2.42. The monoisotopic (exact) mass is 414 g/mol. The fraction of sp³-hybridized carbons (Fsp3) is 0.737. The first-order valence-electron chi connectivity index (χ1n) is 9.76. The van der Waals surface area contributed by atoms with Crippen LogP contribution in [0.5, 0.6) is 0 Å². The van der Waals surface area contributed by atoms with Crippen LogP contribution in [-0.2, 0) is 9.84 Å². The van der Waals surface area contributed by atoms with E-state index in [1.54, 1.807) is 32.1 Å². The van der Waals surface area contributed by atoms with E-state index in [2.05, 4.69) is 33.0 Å². The van der Waals surface area contributed by atoms with Gasteiger partial charge in [0.05, 0.1) is 23.1 Å². The second kappa shape index (κ2) is 9.89. The van der Waals surface area contributed by atoms with Crippen LogP contribution in [0.1, 0.15) is 51.5 Å². The van der Waals surface area contributed by atoms with Gasteiger partial charge in [-0.3, -0.25) is 9.89 Å². The van der Waals surface area contributed by atoms with E-state index in [0.29, 0.717) is 25.1 Å². The van der Waals surface area contributed by atoms with Crippen molar-refractivity contribution >= 4 is 27.1 Å². The average molecular weight is 415 g/mol. The first-order chi connectivity index (χ1) is 12.7. The molecule has 0 bridgehead atoms. The number of thiophene rings is 1. The van der Waals surface area contributed by atoms with Crippen LogP contribution in [0.2, 0.25) is 0 Å². The first kappa shape index (κ1) is 22.2. The van der Waals surface area contributed by atoms with Crippen LogP contribution in [0.15, 0.2) is 22.5 Å². The molecule has 6 nitrogen and oxygen atoms in total. The Kier molecular flexibility index (Phi) is 8.12. The van der Waals surface area contributed by atoms with E-state index in [-0.39, 0.29) is 5.75 Å². The molecule has 2 N–H and O–H groups in total. The Hall–Kier alpha value is -1.12. The van der Waals surface area contributed by atoms with Gasteiger partial charge in [-0.1, -0.05) is 6.07 Å². The lowest BCUT2D eigenvalue weighted by Gasteiger charge is -2.25. The van der Waals surface area contributed by atoms with E-state index in [4.69, 9.17) is 4.99 Å². The molecule has 1 unspecified atom stereocenters. The van der Waals surface area contributed by atoms with Crippen LogP contribution in [0, 0.1) is 0 Å². The molecule has 2 heterocycles. The molecule has 1 aromatic heterocycles. The molecule has 0 amide bonds. The van der Waals surface area contributed by atoms with Crippen LogP contribution < -0.4 is 10.6 Å². The highest BCUT2D eigenvalue weighted by atomic mass is 32.2. The summed E-state index contributed by atoms with van der Waals surface area (Å²) in [6.45, 7) is 11.2. The molecule has 0 aromatic carbocycles. The predicted molar refractivity (Wildman–Crippen MR) is 115 cm³/mol. The molecule has 8 heteroatoms. The summed E-state index contributed by atoms with van der Waals surface area (Å²) in [5.41, 5.74) is 0. The van der Waals surface area contributed by atoms with Crippen molar-refractivity contribution in [3.05, 3.63) is 22.4 Å². The Bertz CT molecular complexity index is 688. The quantitative estimate of drug-likeness (QED) is 0.505. The highest BCUT2D eigenvalue weighted by Crippen LogP contribution is 2.28. The maximum absolute atomic E-state index is 12.3. The minimum absolute atomic E-state index is 0.0986. The molecule has 1 aliphatic rings. The Balaban J connectivity index is 2.00. The molecule has 1 saturated heterocycles. The fourth-order valence-corrected chi connectivity index (χ4v) is 4.88. The molecule has 2 rings (SSSR count). The van der Waals surface area contributed by atoms with E-state index in [0.717, 1.165) is 19.6 Å². The Morgan fingerprint density at radius 2 is 2.00 bits per heavy atom. The largest absolute Gasteiger partial charge is 0.357 e. The molecule has 1 aromatic rings. The second-order valence-corrected chi connectivity index (χ2v) is 11.7. The summed E-state index contributed by atoms with van der Waals surface area (Å²) in [5.74, 6) is 0.781. The first-order valence-corrected chi connectivity index (χ1v) is 12.3.